The second-order valence-electron chi connectivity index (χ2n) is 5.38. The molecule has 0 fully saturated rings. The van der Waals surface area contributed by atoms with Gasteiger partial charge in [-0.05, 0) is 44.4 Å². The molecular weight excluding hydrogens is 282 g/mol. The summed E-state index contributed by atoms with van der Waals surface area (Å²) in [7, 11) is 0. The number of aliphatic hydroxyl groups excluding tert-OH is 1. The number of carboxylic acids is 1. The van der Waals surface area contributed by atoms with Gasteiger partial charge in [-0.15, -0.1) is 0 Å². The van der Waals surface area contributed by atoms with Crippen molar-refractivity contribution in [3.05, 3.63) is 45.7 Å². The minimum absolute atomic E-state index is 0.112. The van der Waals surface area contributed by atoms with E-state index in [1.165, 1.54) is 12.1 Å². The average Bonchev–Trinajstić information content (AvgIpc) is 2.52. The number of benzene rings is 1. The van der Waals surface area contributed by atoms with Crippen LogP contribution in [0.5, 0.6) is 0 Å². The molecule has 0 amide bonds. The van der Waals surface area contributed by atoms with Crippen LogP contribution in [0.4, 0.5) is 0 Å². The Bertz CT molecular complexity index is 748. The molecule has 1 atom stereocenters. The molecule has 0 radical (unpaired) electrons. The maximum absolute atomic E-state index is 12.3. The first-order valence-electron chi connectivity index (χ1n) is 7.55. The number of hydrogen-bond donors (Lipinski definition) is 2. The summed E-state index contributed by atoms with van der Waals surface area (Å²) in [6, 6.07) is 6.18. The zero-order valence-electron chi connectivity index (χ0n) is 12.9. The second-order valence-corrected chi connectivity index (χ2v) is 5.38. The van der Waals surface area contributed by atoms with Crippen LogP contribution < -0.4 is 5.43 Å². The minimum atomic E-state index is -1.04. The van der Waals surface area contributed by atoms with E-state index in [2.05, 4.69) is 0 Å². The van der Waals surface area contributed by atoms with Gasteiger partial charge >= 0.3 is 5.97 Å². The summed E-state index contributed by atoms with van der Waals surface area (Å²) in [4.78, 5) is 23.3. The maximum Gasteiger partial charge on any atom is 0.335 e. The first kappa shape index (κ1) is 16.2. The SMILES string of the molecule is CCC(O)CCc1cc(=O)c2cc(C(=O)O)ccc2n1CC. The van der Waals surface area contributed by atoms with E-state index in [9.17, 15) is 14.7 Å². The van der Waals surface area contributed by atoms with Gasteiger partial charge in [-0.3, -0.25) is 4.79 Å². The van der Waals surface area contributed by atoms with Gasteiger partial charge in [-0.25, -0.2) is 4.79 Å². The predicted octanol–water partition coefficient (Wildman–Crippen LogP) is 2.42. The van der Waals surface area contributed by atoms with Crippen LogP contribution >= 0.6 is 0 Å². The lowest BCUT2D eigenvalue weighted by molar-refractivity contribution is 0.0697. The van der Waals surface area contributed by atoms with Crippen LogP contribution in [-0.2, 0) is 13.0 Å². The lowest BCUT2D eigenvalue weighted by Gasteiger charge is -2.16. The van der Waals surface area contributed by atoms with Gasteiger partial charge in [0, 0.05) is 23.7 Å². The van der Waals surface area contributed by atoms with Crippen molar-refractivity contribution in [1.29, 1.82) is 0 Å². The van der Waals surface area contributed by atoms with E-state index in [1.807, 2.05) is 18.4 Å². The van der Waals surface area contributed by atoms with Crippen molar-refractivity contribution in [2.24, 2.45) is 0 Å². The Morgan fingerprint density at radius 3 is 2.59 bits per heavy atom. The van der Waals surface area contributed by atoms with Crippen molar-refractivity contribution >= 4 is 16.9 Å². The molecule has 1 aromatic heterocycles. The summed E-state index contributed by atoms with van der Waals surface area (Å²) < 4.78 is 2.00. The van der Waals surface area contributed by atoms with Crippen LogP contribution in [-0.4, -0.2) is 26.9 Å². The number of rotatable bonds is 6. The molecule has 1 aromatic carbocycles. The van der Waals surface area contributed by atoms with Gasteiger partial charge in [-0.2, -0.15) is 0 Å². The summed E-state index contributed by atoms with van der Waals surface area (Å²) in [6.07, 6.45) is 1.54. The fraction of sp³-hybridized carbons (Fsp3) is 0.412. The minimum Gasteiger partial charge on any atom is -0.478 e. The molecular formula is C17H21NO4. The highest BCUT2D eigenvalue weighted by Gasteiger charge is 2.12. The molecule has 5 heteroatoms. The van der Waals surface area contributed by atoms with E-state index in [1.54, 1.807) is 12.1 Å². The Kier molecular flexibility index (Phi) is 4.98. The largest absolute Gasteiger partial charge is 0.478 e. The van der Waals surface area contributed by atoms with Gasteiger partial charge in [0.25, 0.3) is 0 Å². The van der Waals surface area contributed by atoms with Gasteiger partial charge in [0.05, 0.1) is 17.2 Å². The lowest BCUT2D eigenvalue weighted by atomic mass is 10.1. The van der Waals surface area contributed by atoms with Crippen molar-refractivity contribution in [3.63, 3.8) is 0 Å². The molecule has 1 unspecified atom stereocenters. The van der Waals surface area contributed by atoms with Crippen LogP contribution in [0.2, 0.25) is 0 Å². The van der Waals surface area contributed by atoms with Crippen molar-refractivity contribution < 1.29 is 15.0 Å². The van der Waals surface area contributed by atoms with Gasteiger partial charge in [0.15, 0.2) is 5.43 Å². The number of hydrogen-bond acceptors (Lipinski definition) is 3. The fourth-order valence-corrected chi connectivity index (χ4v) is 2.66. The summed E-state index contributed by atoms with van der Waals surface area (Å²) in [5.74, 6) is -1.04. The molecule has 0 aliphatic heterocycles. The summed E-state index contributed by atoms with van der Waals surface area (Å²) >= 11 is 0. The maximum atomic E-state index is 12.3. The number of aryl methyl sites for hydroxylation is 2. The lowest BCUT2D eigenvalue weighted by Crippen LogP contribution is -2.16. The molecule has 2 aromatic rings. The summed E-state index contributed by atoms with van der Waals surface area (Å²) in [6.45, 7) is 4.58. The van der Waals surface area contributed by atoms with E-state index >= 15 is 0 Å². The highest BCUT2D eigenvalue weighted by Crippen LogP contribution is 2.17. The Morgan fingerprint density at radius 2 is 2.00 bits per heavy atom. The molecule has 0 bridgehead atoms. The number of fused-ring (bicyclic) bond motifs is 1. The van der Waals surface area contributed by atoms with E-state index in [0.717, 1.165) is 11.2 Å². The quantitative estimate of drug-likeness (QED) is 0.859. The average molecular weight is 303 g/mol. The van der Waals surface area contributed by atoms with Gasteiger partial charge < -0.3 is 14.8 Å². The van der Waals surface area contributed by atoms with E-state index in [-0.39, 0.29) is 17.1 Å². The topological polar surface area (TPSA) is 79.5 Å². The van der Waals surface area contributed by atoms with Crippen molar-refractivity contribution in [3.8, 4) is 0 Å². The van der Waals surface area contributed by atoms with Crippen molar-refractivity contribution in [1.82, 2.24) is 4.57 Å². The number of nitrogens with zero attached hydrogens (tertiary/aromatic N) is 1. The standard InChI is InChI=1S/C17H21NO4/c1-3-13(19)7-6-12-10-16(20)14-9-11(17(21)22)5-8-15(14)18(12)4-2/h5,8-10,13,19H,3-4,6-7H2,1-2H3,(H,21,22). The zero-order valence-corrected chi connectivity index (χ0v) is 12.9. The molecule has 0 spiro atoms. The number of pyridine rings is 1. The Labute approximate surface area is 128 Å². The normalized spacial score (nSPS) is 12.5. The molecule has 0 saturated heterocycles. The molecule has 2 N–H and O–H groups in total. The number of carbonyl (C=O) groups is 1. The monoisotopic (exact) mass is 303 g/mol. The third-order valence-electron chi connectivity index (χ3n) is 3.97. The molecule has 0 saturated carbocycles. The Balaban J connectivity index is 2.54. The third-order valence-corrected chi connectivity index (χ3v) is 3.97. The highest BCUT2D eigenvalue weighted by atomic mass is 16.4. The van der Waals surface area contributed by atoms with Crippen LogP contribution in [0.25, 0.3) is 10.9 Å². The molecule has 0 aliphatic carbocycles. The van der Waals surface area contributed by atoms with Gasteiger partial charge in [0.1, 0.15) is 0 Å². The number of aromatic nitrogens is 1. The first-order valence-corrected chi connectivity index (χ1v) is 7.55. The predicted molar refractivity (Wildman–Crippen MR) is 85.5 cm³/mol. The van der Waals surface area contributed by atoms with Crippen molar-refractivity contribution in [2.45, 2.75) is 45.8 Å². The first-order chi connectivity index (χ1) is 10.5. The third kappa shape index (κ3) is 3.20. The van der Waals surface area contributed by atoms with Gasteiger partial charge in [-0.1, -0.05) is 6.92 Å². The number of carboxylic acid groups (broad SMARTS) is 1. The van der Waals surface area contributed by atoms with Gasteiger partial charge in [0.2, 0.25) is 0 Å². The van der Waals surface area contributed by atoms with E-state index in [0.29, 0.717) is 31.2 Å². The summed E-state index contributed by atoms with van der Waals surface area (Å²) in [5, 5.41) is 19.2. The second kappa shape index (κ2) is 6.75. The van der Waals surface area contributed by atoms with Crippen LogP contribution in [0.3, 0.4) is 0 Å². The van der Waals surface area contributed by atoms with Crippen LogP contribution in [0, 0.1) is 0 Å². The van der Waals surface area contributed by atoms with Crippen LogP contribution in [0.1, 0.15) is 42.7 Å². The number of aliphatic hydroxyl groups is 1. The molecule has 2 rings (SSSR count). The molecule has 5 nitrogen and oxygen atoms in total. The van der Waals surface area contributed by atoms with Crippen LogP contribution in [0.15, 0.2) is 29.1 Å². The summed E-state index contributed by atoms with van der Waals surface area (Å²) in [5.41, 5.74) is 1.54. The molecule has 1 heterocycles. The smallest absolute Gasteiger partial charge is 0.335 e. The molecule has 118 valence electrons. The Morgan fingerprint density at radius 1 is 1.27 bits per heavy atom. The zero-order chi connectivity index (χ0) is 16.3. The van der Waals surface area contributed by atoms with E-state index < -0.39 is 5.97 Å². The molecule has 0 aliphatic rings. The highest BCUT2D eigenvalue weighted by molar-refractivity contribution is 5.93. The van der Waals surface area contributed by atoms with E-state index in [4.69, 9.17) is 5.11 Å². The number of aromatic carboxylic acids is 1. The molecule has 22 heavy (non-hydrogen) atoms. The fourth-order valence-electron chi connectivity index (χ4n) is 2.66. The van der Waals surface area contributed by atoms with Crippen molar-refractivity contribution in [2.75, 3.05) is 0 Å². The Hall–Kier alpha value is -2.14.